The molecule has 0 amide bonds. The summed E-state index contributed by atoms with van der Waals surface area (Å²) < 4.78 is 1.77. The van der Waals surface area contributed by atoms with Crippen LogP contribution in [0, 0.1) is 0 Å². The van der Waals surface area contributed by atoms with Crippen LogP contribution in [0.2, 0.25) is 10.0 Å². The smallest absolute Gasteiger partial charge is 0.176 e. The van der Waals surface area contributed by atoms with Crippen molar-refractivity contribution in [3.63, 3.8) is 0 Å². The molecule has 0 aliphatic rings. The minimum absolute atomic E-state index is 0.407. The van der Waals surface area contributed by atoms with Gasteiger partial charge in [0.05, 0.1) is 6.54 Å². The van der Waals surface area contributed by atoms with Gasteiger partial charge in [0.1, 0.15) is 5.02 Å². The zero-order valence-corrected chi connectivity index (χ0v) is 14.9. The zero-order chi connectivity index (χ0) is 16.9. The van der Waals surface area contributed by atoms with E-state index in [2.05, 4.69) is 15.7 Å². The van der Waals surface area contributed by atoms with Gasteiger partial charge in [-0.25, -0.2) is 0 Å². The lowest BCUT2D eigenvalue weighted by atomic mass is 10.2. The Balaban J connectivity index is 1.64. The molecule has 2 N–H and O–H groups in total. The molecule has 7 heteroatoms. The van der Waals surface area contributed by atoms with Crippen LogP contribution in [0.5, 0.6) is 0 Å². The molecule has 0 bridgehead atoms. The average molecular weight is 377 g/mol. The highest BCUT2D eigenvalue weighted by Gasteiger charge is 2.09. The molecule has 3 aromatic rings. The van der Waals surface area contributed by atoms with E-state index in [0.717, 1.165) is 11.3 Å². The normalized spacial score (nSPS) is 10.4. The van der Waals surface area contributed by atoms with Gasteiger partial charge in [0, 0.05) is 16.9 Å². The molecule has 0 saturated carbocycles. The molecule has 0 aliphatic carbocycles. The number of aromatic nitrogens is 2. The zero-order valence-electron chi connectivity index (χ0n) is 12.5. The fourth-order valence-electron chi connectivity index (χ4n) is 2.14. The highest BCUT2D eigenvalue weighted by atomic mass is 35.5. The fourth-order valence-corrected chi connectivity index (χ4v) is 2.67. The molecule has 24 heavy (non-hydrogen) atoms. The molecule has 3 rings (SSSR count). The summed E-state index contributed by atoms with van der Waals surface area (Å²) in [4.78, 5) is 0. The number of nitrogens with one attached hydrogen (secondary N) is 2. The van der Waals surface area contributed by atoms with Gasteiger partial charge < -0.3 is 10.6 Å². The number of nitrogens with zero attached hydrogens (tertiary/aromatic N) is 2. The predicted octanol–water partition coefficient (Wildman–Crippen LogP) is 5.05. The van der Waals surface area contributed by atoms with Gasteiger partial charge in [0.25, 0.3) is 0 Å². The first-order chi connectivity index (χ1) is 11.6. The summed E-state index contributed by atoms with van der Waals surface area (Å²) in [5.74, 6) is 0.513. The van der Waals surface area contributed by atoms with E-state index in [0.29, 0.717) is 27.5 Å². The van der Waals surface area contributed by atoms with Crippen LogP contribution in [-0.4, -0.2) is 14.9 Å². The van der Waals surface area contributed by atoms with Crippen LogP contribution in [0.3, 0.4) is 0 Å². The molecule has 2 aromatic carbocycles. The predicted molar refractivity (Wildman–Crippen MR) is 104 cm³/mol. The van der Waals surface area contributed by atoms with Gasteiger partial charge in [-0.05, 0) is 42.0 Å². The molecule has 0 aliphatic heterocycles. The van der Waals surface area contributed by atoms with Crippen molar-refractivity contribution >= 4 is 52.0 Å². The summed E-state index contributed by atoms with van der Waals surface area (Å²) >= 11 is 17.4. The number of hydrogen-bond donors (Lipinski definition) is 2. The number of benzene rings is 2. The van der Waals surface area contributed by atoms with Gasteiger partial charge in [-0.1, -0.05) is 53.5 Å². The third kappa shape index (κ3) is 4.47. The minimum atomic E-state index is 0.407. The molecule has 1 aromatic heterocycles. The molecule has 0 saturated heterocycles. The van der Waals surface area contributed by atoms with Crippen molar-refractivity contribution in [3.8, 4) is 0 Å². The Hall–Kier alpha value is -2.08. The second-order valence-corrected chi connectivity index (χ2v) is 6.35. The van der Waals surface area contributed by atoms with Crippen LogP contribution in [0.15, 0.2) is 60.8 Å². The van der Waals surface area contributed by atoms with Crippen molar-refractivity contribution in [2.24, 2.45) is 0 Å². The maximum absolute atomic E-state index is 6.23. The lowest BCUT2D eigenvalue weighted by Crippen LogP contribution is -2.19. The Bertz CT molecular complexity index is 832. The number of hydrogen-bond acceptors (Lipinski definition) is 2. The minimum Gasteiger partial charge on any atom is -0.332 e. The molecule has 4 nitrogen and oxygen atoms in total. The van der Waals surface area contributed by atoms with Crippen LogP contribution in [0.25, 0.3) is 0 Å². The summed E-state index contributed by atoms with van der Waals surface area (Å²) in [5, 5.41) is 12.1. The van der Waals surface area contributed by atoms with Crippen molar-refractivity contribution in [1.29, 1.82) is 0 Å². The molecule has 1 heterocycles. The summed E-state index contributed by atoms with van der Waals surface area (Å²) in [6, 6.07) is 17.3. The quantitative estimate of drug-likeness (QED) is 0.625. The van der Waals surface area contributed by atoms with Gasteiger partial charge in [0.15, 0.2) is 10.9 Å². The Labute approximate surface area is 155 Å². The third-order valence-corrected chi connectivity index (χ3v) is 3.97. The lowest BCUT2D eigenvalue weighted by molar-refractivity contribution is 0.690. The maximum atomic E-state index is 6.23. The summed E-state index contributed by atoms with van der Waals surface area (Å²) in [6.07, 6.45) is 1.77. The first-order valence-corrected chi connectivity index (χ1v) is 8.37. The Morgan fingerprint density at radius 1 is 1.00 bits per heavy atom. The van der Waals surface area contributed by atoms with E-state index in [1.807, 2.05) is 42.5 Å². The fraction of sp³-hybridized carbons (Fsp3) is 0.0588. The summed E-state index contributed by atoms with van der Waals surface area (Å²) in [5.41, 5.74) is 1.97. The third-order valence-electron chi connectivity index (χ3n) is 3.24. The first kappa shape index (κ1) is 16.8. The van der Waals surface area contributed by atoms with Crippen LogP contribution in [-0.2, 0) is 6.54 Å². The van der Waals surface area contributed by atoms with Crippen molar-refractivity contribution in [3.05, 3.63) is 76.4 Å². The molecule has 0 atom stereocenters. The molecule has 0 fully saturated rings. The molecule has 122 valence electrons. The van der Waals surface area contributed by atoms with Crippen molar-refractivity contribution < 1.29 is 0 Å². The van der Waals surface area contributed by atoms with E-state index in [1.165, 1.54) is 0 Å². The standard InChI is InChI=1S/C17H14Cl2N4S/c18-13-6-8-14(9-7-13)20-17(24)21-16-15(19)11-23(22-16)10-12-4-2-1-3-5-12/h1-9,11H,10H2,(H2,20,21,22,24). The highest BCUT2D eigenvalue weighted by molar-refractivity contribution is 7.80. The van der Waals surface area contributed by atoms with Crippen LogP contribution < -0.4 is 10.6 Å². The van der Waals surface area contributed by atoms with E-state index in [1.54, 1.807) is 23.0 Å². The Kier molecular flexibility index (Phi) is 5.35. The number of thiocarbonyl (C=S) groups is 1. The van der Waals surface area contributed by atoms with Crippen LogP contribution in [0.4, 0.5) is 11.5 Å². The number of anilines is 2. The molecular formula is C17H14Cl2N4S. The van der Waals surface area contributed by atoms with Crippen molar-refractivity contribution in [2.45, 2.75) is 6.54 Å². The summed E-state index contributed by atoms with van der Waals surface area (Å²) in [6.45, 7) is 0.639. The van der Waals surface area contributed by atoms with E-state index in [4.69, 9.17) is 35.4 Å². The number of rotatable bonds is 4. The second-order valence-electron chi connectivity index (χ2n) is 5.09. The topological polar surface area (TPSA) is 41.9 Å². The van der Waals surface area contributed by atoms with Crippen LogP contribution >= 0.6 is 35.4 Å². The Morgan fingerprint density at radius 3 is 2.42 bits per heavy atom. The van der Waals surface area contributed by atoms with Gasteiger partial charge in [0.2, 0.25) is 0 Å². The molecule has 0 radical (unpaired) electrons. The molecule has 0 unspecified atom stereocenters. The van der Waals surface area contributed by atoms with Crippen molar-refractivity contribution in [1.82, 2.24) is 9.78 Å². The second kappa shape index (κ2) is 7.66. The van der Waals surface area contributed by atoms with E-state index >= 15 is 0 Å². The largest absolute Gasteiger partial charge is 0.332 e. The molecular weight excluding hydrogens is 363 g/mol. The van der Waals surface area contributed by atoms with E-state index < -0.39 is 0 Å². The Morgan fingerprint density at radius 2 is 1.71 bits per heavy atom. The molecule has 0 spiro atoms. The monoisotopic (exact) mass is 376 g/mol. The first-order valence-electron chi connectivity index (χ1n) is 7.20. The van der Waals surface area contributed by atoms with E-state index in [9.17, 15) is 0 Å². The summed E-state index contributed by atoms with van der Waals surface area (Å²) in [7, 11) is 0. The van der Waals surface area contributed by atoms with Crippen LogP contribution in [0.1, 0.15) is 5.56 Å². The number of halogens is 2. The van der Waals surface area contributed by atoms with E-state index in [-0.39, 0.29) is 0 Å². The van der Waals surface area contributed by atoms with Gasteiger partial charge in [-0.15, -0.1) is 0 Å². The SMILES string of the molecule is S=C(Nc1ccc(Cl)cc1)Nc1nn(Cc2ccccc2)cc1Cl. The lowest BCUT2D eigenvalue weighted by Gasteiger charge is -2.09. The van der Waals surface area contributed by atoms with Crippen molar-refractivity contribution in [2.75, 3.05) is 10.6 Å². The van der Waals surface area contributed by atoms with Gasteiger partial charge >= 0.3 is 0 Å². The highest BCUT2D eigenvalue weighted by Crippen LogP contribution is 2.21. The average Bonchev–Trinajstić information content (AvgIpc) is 2.90. The van der Waals surface area contributed by atoms with Gasteiger partial charge in [-0.3, -0.25) is 4.68 Å². The maximum Gasteiger partial charge on any atom is 0.176 e. The van der Waals surface area contributed by atoms with Gasteiger partial charge in [-0.2, -0.15) is 5.10 Å².